The van der Waals surface area contributed by atoms with Crippen LogP contribution in [0.3, 0.4) is 0 Å². The molecule has 3 aromatic rings. The van der Waals surface area contributed by atoms with Crippen LogP contribution in [-0.4, -0.2) is 11.4 Å². The SMILES string of the molecule is [O-][n+]1onc2c(Cl)ccc(/C=N/Nc3ccccc3)c21. The first-order valence-electron chi connectivity index (χ1n) is 5.78. The quantitative estimate of drug-likeness (QED) is 0.456. The van der Waals surface area contributed by atoms with E-state index < -0.39 is 0 Å². The Morgan fingerprint density at radius 3 is 2.85 bits per heavy atom. The lowest BCUT2D eigenvalue weighted by atomic mass is 10.2. The van der Waals surface area contributed by atoms with Crippen molar-refractivity contribution in [1.29, 1.82) is 0 Å². The number of benzene rings is 2. The van der Waals surface area contributed by atoms with Crippen LogP contribution in [0.4, 0.5) is 5.69 Å². The number of hydrogen-bond donors (Lipinski definition) is 1. The highest BCUT2D eigenvalue weighted by molar-refractivity contribution is 6.35. The molecule has 0 unspecified atom stereocenters. The number of para-hydroxylation sites is 1. The van der Waals surface area contributed by atoms with Crippen molar-refractivity contribution in [2.75, 3.05) is 5.43 Å². The van der Waals surface area contributed by atoms with Crippen molar-refractivity contribution in [2.45, 2.75) is 0 Å². The van der Waals surface area contributed by atoms with Crippen LogP contribution in [0, 0.1) is 5.21 Å². The van der Waals surface area contributed by atoms with Gasteiger partial charge in [-0.15, -0.1) is 0 Å². The number of nitrogens with zero attached hydrogens (tertiary/aromatic N) is 3. The van der Waals surface area contributed by atoms with Crippen LogP contribution in [0.15, 0.2) is 52.2 Å². The molecule has 0 fully saturated rings. The second-order valence-corrected chi connectivity index (χ2v) is 4.41. The van der Waals surface area contributed by atoms with E-state index in [1.165, 1.54) is 6.21 Å². The topological polar surface area (TPSA) is 77.4 Å². The number of anilines is 1. The molecule has 0 bridgehead atoms. The zero-order chi connectivity index (χ0) is 13.9. The molecular weight excluding hydrogens is 280 g/mol. The van der Waals surface area contributed by atoms with Gasteiger partial charge in [-0.25, -0.2) is 0 Å². The predicted molar refractivity (Wildman–Crippen MR) is 75.6 cm³/mol. The molecule has 1 aromatic heterocycles. The first kappa shape index (κ1) is 12.4. The molecule has 20 heavy (non-hydrogen) atoms. The molecule has 2 aromatic carbocycles. The average molecular weight is 289 g/mol. The summed E-state index contributed by atoms with van der Waals surface area (Å²) in [5, 5.41) is 19.6. The molecule has 0 saturated heterocycles. The summed E-state index contributed by atoms with van der Waals surface area (Å²) in [6, 6.07) is 12.8. The fourth-order valence-electron chi connectivity index (χ4n) is 1.76. The average Bonchev–Trinajstić information content (AvgIpc) is 2.86. The molecule has 0 radical (unpaired) electrons. The third-order valence-electron chi connectivity index (χ3n) is 2.69. The van der Waals surface area contributed by atoms with Crippen LogP contribution in [0.25, 0.3) is 11.0 Å². The van der Waals surface area contributed by atoms with Gasteiger partial charge in [0.2, 0.25) is 5.52 Å². The van der Waals surface area contributed by atoms with Crippen LogP contribution < -0.4 is 10.3 Å². The van der Waals surface area contributed by atoms with Crippen molar-refractivity contribution in [3.63, 3.8) is 0 Å². The first-order chi connectivity index (χ1) is 9.75. The maximum Gasteiger partial charge on any atom is 0.267 e. The summed E-state index contributed by atoms with van der Waals surface area (Å²) in [5.74, 6) is 0. The molecule has 3 rings (SSSR count). The minimum atomic E-state index is 0.246. The van der Waals surface area contributed by atoms with Crippen molar-refractivity contribution in [1.82, 2.24) is 5.16 Å². The van der Waals surface area contributed by atoms with Gasteiger partial charge in [0.25, 0.3) is 5.52 Å². The Kier molecular flexibility index (Phi) is 3.22. The number of halogens is 1. The summed E-state index contributed by atoms with van der Waals surface area (Å²) in [4.78, 5) is 0.311. The Morgan fingerprint density at radius 1 is 1.25 bits per heavy atom. The van der Waals surface area contributed by atoms with E-state index >= 15 is 0 Å². The largest absolute Gasteiger partial charge is 0.359 e. The Labute approximate surface area is 118 Å². The van der Waals surface area contributed by atoms with Crippen LogP contribution in [0.1, 0.15) is 5.56 Å². The summed E-state index contributed by atoms with van der Waals surface area (Å²) in [5.41, 5.74) is 4.82. The molecule has 0 spiro atoms. The van der Waals surface area contributed by atoms with Crippen molar-refractivity contribution in [3.8, 4) is 0 Å². The molecule has 1 heterocycles. The Morgan fingerprint density at radius 2 is 2.05 bits per heavy atom. The minimum Gasteiger partial charge on any atom is -0.359 e. The molecule has 0 aliphatic rings. The zero-order valence-corrected chi connectivity index (χ0v) is 10.9. The first-order valence-corrected chi connectivity index (χ1v) is 6.15. The highest BCUT2D eigenvalue weighted by atomic mass is 35.5. The van der Waals surface area contributed by atoms with Crippen LogP contribution >= 0.6 is 11.6 Å². The molecule has 7 heteroatoms. The zero-order valence-electron chi connectivity index (χ0n) is 10.2. The molecular formula is C13H9ClN4O2. The summed E-state index contributed by atoms with van der Waals surface area (Å²) >= 11 is 5.94. The van der Waals surface area contributed by atoms with Gasteiger partial charge in [-0.3, -0.25) is 10.1 Å². The second-order valence-electron chi connectivity index (χ2n) is 4.00. The third-order valence-corrected chi connectivity index (χ3v) is 3.00. The second kappa shape index (κ2) is 5.18. The van der Waals surface area contributed by atoms with Gasteiger partial charge in [-0.1, -0.05) is 29.8 Å². The molecule has 6 nitrogen and oxygen atoms in total. The maximum atomic E-state index is 11.5. The number of hydrogen-bond acceptors (Lipinski definition) is 5. The van der Waals surface area contributed by atoms with E-state index in [1.807, 2.05) is 30.3 Å². The number of nitrogens with one attached hydrogen (secondary N) is 1. The smallest absolute Gasteiger partial charge is 0.267 e. The highest BCUT2D eigenvalue weighted by Crippen LogP contribution is 2.21. The summed E-state index contributed by atoms with van der Waals surface area (Å²) in [6.45, 7) is 0. The van der Waals surface area contributed by atoms with Crippen molar-refractivity contribution < 1.29 is 9.53 Å². The summed E-state index contributed by atoms with van der Waals surface area (Å²) in [7, 11) is 0. The van der Waals surface area contributed by atoms with Crippen LogP contribution in [0.2, 0.25) is 5.02 Å². The van der Waals surface area contributed by atoms with Gasteiger partial charge in [0.15, 0.2) is 0 Å². The fourth-order valence-corrected chi connectivity index (χ4v) is 1.95. The molecule has 0 atom stereocenters. The van der Waals surface area contributed by atoms with Gasteiger partial charge < -0.3 is 5.21 Å². The standard InChI is InChI=1S/C13H9ClN4O2/c14-11-7-6-9(13-12(11)17-20-18(13)19)8-15-16-10-4-2-1-3-5-10/h1-8,16H/b15-8+. The molecule has 0 aliphatic heterocycles. The molecule has 0 amide bonds. The van der Waals surface area contributed by atoms with E-state index in [1.54, 1.807) is 12.1 Å². The lowest BCUT2D eigenvalue weighted by Gasteiger charge is -1.99. The molecule has 100 valence electrons. The lowest BCUT2D eigenvalue weighted by molar-refractivity contribution is -0.782. The van der Waals surface area contributed by atoms with Crippen molar-refractivity contribution in [3.05, 3.63) is 58.3 Å². The van der Waals surface area contributed by atoms with Gasteiger partial charge in [0.1, 0.15) is 0 Å². The summed E-state index contributed by atoms with van der Waals surface area (Å²) in [6.07, 6.45) is 1.51. The normalized spacial score (nSPS) is 11.2. The van der Waals surface area contributed by atoms with Gasteiger partial charge in [0, 0.05) is 5.16 Å². The van der Waals surface area contributed by atoms with E-state index in [4.69, 9.17) is 11.6 Å². The predicted octanol–water partition coefficient (Wildman–Crippen LogP) is 2.56. The molecule has 0 aliphatic carbocycles. The maximum absolute atomic E-state index is 11.5. The van der Waals surface area contributed by atoms with E-state index in [2.05, 4.69) is 20.3 Å². The Balaban J connectivity index is 1.91. The van der Waals surface area contributed by atoms with Crippen molar-refractivity contribution in [2.24, 2.45) is 5.10 Å². The van der Waals surface area contributed by atoms with E-state index in [0.29, 0.717) is 21.0 Å². The number of rotatable bonds is 3. The molecule has 0 saturated carbocycles. The van der Waals surface area contributed by atoms with E-state index in [-0.39, 0.29) is 5.52 Å². The molecule has 1 N–H and O–H groups in total. The Bertz CT molecular complexity index is 771. The monoisotopic (exact) mass is 288 g/mol. The highest BCUT2D eigenvalue weighted by Gasteiger charge is 2.16. The third kappa shape index (κ3) is 2.28. The van der Waals surface area contributed by atoms with Crippen molar-refractivity contribution >= 4 is 34.5 Å². The van der Waals surface area contributed by atoms with E-state index in [9.17, 15) is 5.21 Å². The minimum absolute atomic E-state index is 0.246. The number of fused-ring (bicyclic) bond motifs is 1. The fraction of sp³-hybridized carbons (Fsp3) is 0. The number of aromatic nitrogens is 2. The van der Waals surface area contributed by atoms with Gasteiger partial charge in [0.05, 0.1) is 22.5 Å². The van der Waals surface area contributed by atoms with Gasteiger partial charge in [-0.05, 0) is 29.2 Å². The van der Waals surface area contributed by atoms with Crippen LogP contribution in [0.5, 0.6) is 0 Å². The number of hydrazone groups is 1. The van der Waals surface area contributed by atoms with Crippen LogP contribution in [-0.2, 0) is 0 Å². The van der Waals surface area contributed by atoms with E-state index in [0.717, 1.165) is 5.69 Å². The van der Waals surface area contributed by atoms with Gasteiger partial charge in [-0.2, -0.15) is 5.10 Å². The lowest BCUT2D eigenvalue weighted by Crippen LogP contribution is -2.23. The Hall–Kier alpha value is -2.60. The summed E-state index contributed by atoms with van der Waals surface area (Å²) < 4.78 is 4.55. The van der Waals surface area contributed by atoms with Gasteiger partial charge >= 0.3 is 0 Å².